The number of benzene rings is 2. The van der Waals surface area contributed by atoms with Crippen molar-refractivity contribution in [3.63, 3.8) is 0 Å². The average molecular weight is 390 g/mol. The van der Waals surface area contributed by atoms with Crippen LogP contribution in [-0.4, -0.2) is 49.8 Å². The number of nitrogens with one attached hydrogen (secondary N) is 2. The van der Waals surface area contributed by atoms with Crippen molar-refractivity contribution in [1.29, 1.82) is 0 Å². The average Bonchev–Trinajstić information content (AvgIpc) is 2.69. The molecule has 0 atom stereocenters. The van der Waals surface area contributed by atoms with Gasteiger partial charge in [0.15, 0.2) is 6.61 Å². The summed E-state index contributed by atoms with van der Waals surface area (Å²) in [6, 6.07) is 12.0. The van der Waals surface area contributed by atoms with Crippen LogP contribution in [0.1, 0.15) is 10.4 Å². The van der Waals surface area contributed by atoms with Gasteiger partial charge in [0.1, 0.15) is 5.75 Å². The Hall–Kier alpha value is -2.77. The second-order valence-electron chi connectivity index (χ2n) is 6.06. The number of halogens is 1. The molecule has 1 fully saturated rings. The molecule has 27 heavy (non-hydrogen) atoms. The van der Waals surface area contributed by atoms with Gasteiger partial charge in [0.25, 0.3) is 5.91 Å². The van der Waals surface area contributed by atoms with Gasteiger partial charge in [-0.1, -0.05) is 11.6 Å². The molecule has 1 aliphatic rings. The van der Waals surface area contributed by atoms with Gasteiger partial charge in [0.05, 0.1) is 10.7 Å². The standard InChI is InChI=1S/C19H20ClN3O4/c20-16-11-15(27-12-18(24)25)5-6-17(16)22-19(26)13-1-3-14(4-2-13)23-9-7-21-8-10-23/h1-6,11,21H,7-10,12H2,(H,22,26)(H,24,25). The van der Waals surface area contributed by atoms with Crippen LogP contribution in [0.5, 0.6) is 5.75 Å². The van der Waals surface area contributed by atoms with E-state index in [4.69, 9.17) is 21.4 Å². The lowest BCUT2D eigenvalue weighted by atomic mass is 10.1. The van der Waals surface area contributed by atoms with Crippen LogP contribution in [0.25, 0.3) is 0 Å². The van der Waals surface area contributed by atoms with Crippen molar-refractivity contribution < 1.29 is 19.4 Å². The van der Waals surface area contributed by atoms with Crippen LogP contribution < -0.4 is 20.3 Å². The number of ether oxygens (including phenoxy) is 1. The first kappa shape index (κ1) is 19.0. The van der Waals surface area contributed by atoms with Crippen molar-refractivity contribution in [3.05, 3.63) is 53.1 Å². The zero-order valence-electron chi connectivity index (χ0n) is 14.6. The minimum atomic E-state index is -1.08. The van der Waals surface area contributed by atoms with Gasteiger partial charge < -0.3 is 25.4 Å². The fraction of sp³-hybridized carbons (Fsp3) is 0.263. The number of nitrogens with zero attached hydrogens (tertiary/aromatic N) is 1. The molecular formula is C19H20ClN3O4. The van der Waals surface area contributed by atoms with E-state index in [0.29, 0.717) is 17.0 Å². The molecule has 142 valence electrons. The first-order valence-electron chi connectivity index (χ1n) is 8.54. The molecule has 0 saturated carbocycles. The van der Waals surface area contributed by atoms with Gasteiger partial charge in [-0.15, -0.1) is 0 Å². The maximum Gasteiger partial charge on any atom is 0.341 e. The summed E-state index contributed by atoms with van der Waals surface area (Å²) in [5.41, 5.74) is 2.04. The van der Waals surface area contributed by atoms with Crippen molar-refractivity contribution in [3.8, 4) is 5.75 Å². The van der Waals surface area contributed by atoms with Crippen molar-refractivity contribution in [1.82, 2.24) is 5.32 Å². The molecule has 1 heterocycles. The summed E-state index contributed by atoms with van der Waals surface area (Å²) in [6.07, 6.45) is 0. The van der Waals surface area contributed by atoms with Crippen LogP contribution in [0.2, 0.25) is 5.02 Å². The highest BCUT2D eigenvalue weighted by Crippen LogP contribution is 2.27. The summed E-state index contributed by atoms with van der Waals surface area (Å²) in [4.78, 5) is 25.3. The van der Waals surface area contributed by atoms with Gasteiger partial charge >= 0.3 is 5.97 Å². The van der Waals surface area contributed by atoms with Gasteiger partial charge in [-0.2, -0.15) is 0 Å². The van der Waals surface area contributed by atoms with E-state index in [1.807, 2.05) is 12.1 Å². The highest BCUT2D eigenvalue weighted by molar-refractivity contribution is 6.34. The molecule has 3 N–H and O–H groups in total. The van der Waals surface area contributed by atoms with Crippen LogP contribution in [0, 0.1) is 0 Å². The number of carboxylic acid groups (broad SMARTS) is 1. The smallest absolute Gasteiger partial charge is 0.341 e. The zero-order chi connectivity index (χ0) is 19.2. The third-order valence-electron chi connectivity index (χ3n) is 4.16. The summed E-state index contributed by atoms with van der Waals surface area (Å²) in [7, 11) is 0. The van der Waals surface area contributed by atoms with Crippen molar-refractivity contribution in [2.45, 2.75) is 0 Å². The van der Waals surface area contributed by atoms with Crippen LogP contribution >= 0.6 is 11.6 Å². The Bertz CT molecular complexity index is 820. The molecule has 0 aliphatic carbocycles. The molecule has 7 nitrogen and oxygen atoms in total. The van der Waals surface area contributed by atoms with Gasteiger partial charge in [-0.05, 0) is 36.4 Å². The molecule has 0 aromatic heterocycles. The molecule has 0 bridgehead atoms. The Kier molecular flexibility index (Phi) is 6.16. The first-order valence-corrected chi connectivity index (χ1v) is 8.92. The number of carboxylic acids is 1. The number of carbonyl (C=O) groups excluding carboxylic acids is 1. The molecule has 3 rings (SSSR count). The SMILES string of the molecule is O=C(O)COc1ccc(NC(=O)c2ccc(N3CCNCC3)cc2)c(Cl)c1. The number of rotatable bonds is 6. The minimum absolute atomic E-state index is 0.267. The lowest BCUT2D eigenvalue weighted by Gasteiger charge is -2.29. The predicted molar refractivity (Wildman–Crippen MR) is 104 cm³/mol. The van der Waals surface area contributed by atoms with Crippen LogP contribution in [0.4, 0.5) is 11.4 Å². The Morgan fingerprint density at radius 1 is 1.15 bits per heavy atom. The molecule has 2 aromatic carbocycles. The summed E-state index contributed by atoms with van der Waals surface area (Å²) in [5, 5.41) is 15.0. The fourth-order valence-corrected chi connectivity index (χ4v) is 2.99. The molecule has 0 spiro atoms. The Morgan fingerprint density at radius 3 is 2.48 bits per heavy atom. The maximum atomic E-state index is 12.5. The van der Waals surface area contributed by atoms with E-state index in [-0.39, 0.29) is 10.9 Å². The quantitative estimate of drug-likeness (QED) is 0.703. The van der Waals surface area contributed by atoms with Crippen LogP contribution in [0.3, 0.4) is 0 Å². The van der Waals surface area contributed by atoms with E-state index in [2.05, 4.69) is 15.5 Å². The van der Waals surface area contributed by atoms with Gasteiger partial charge in [-0.3, -0.25) is 4.79 Å². The number of amides is 1. The summed E-state index contributed by atoms with van der Waals surface area (Å²) < 4.78 is 5.06. The minimum Gasteiger partial charge on any atom is -0.482 e. The number of carbonyl (C=O) groups is 2. The van der Waals surface area contributed by atoms with Crippen molar-refractivity contribution >= 4 is 34.9 Å². The van der Waals surface area contributed by atoms with E-state index in [9.17, 15) is 9.59 Å². The van der Waals surface area contributed by atoms with Crippen molar-refractivity contribution in [2.24, 2.45) is 0 Å². The van der Waals surface area contributed by atoms with E-state index in [1.54, 1.807) is 24.3 Å². The molecule has 1 amide bonds. The van der Waals surface area contributed by atoms with Gasteiger partial charge in [0.2, 0.25) is 0 Å². The van der Waals surface area contributed by atoms with Crippen molar-refractivity contribution in [2.75, 3.05) is 43.0 Å². The number of aliphatic carboxylic acids is 1. The van der Waals surface area contributed by atoms with Gasteiger partial charge in [0, 0.05) is 43.5 Å². The lowest BCUT2D eigenvalue weighted by molar-refractivity contribution is -0.139. The topological polar surface area (TPSA) is 90.9 Å². The second kappa shape index (κ2) is 8.75. The Labute approximate surface area is 161 Å². The van der Waals surface area contributed by atoms with Crippen LogP contribution in [-0.2, 0) is 4.79 Å². The largest absolute Gasteiger partial charge is 0.482 e. The van der Waals surface area contributed by atoms with E-state index in [1.165, 1.54) is 6.07 Å². The third kappa shape index (κ3) is 5.12. The molecular weight excluding hydrogens is 370 g/mol. The van der Waals surface area contributed by atoms with Gasteiger partial charge in [-0.25, -0.2) is 4.79 Å². The van der Waals surface area contributed by atoms with E-state index in [0.717, 1.165) is 31.9 Å². The Balaban J connectivity index is 1.63. The molecule has 8 heteroatoms. The predicted octanol–water partition coefficient (Wildman–Crippen LogP) is 2.47. The lowest BCUT2D eigenvalue weighted by Crippen LogP contribution is -2.43. The number of piperazine rings is 1. The van der Waals surface area contributed by atoms with Crippen LogP contribution in [0.15, 0.2) is 42.5 Å². The maximum absolute atomic E-state index is 12.5. The molecule has 1 saturated heterocycles. The summed E-state index contributed by atoms with van der Waals surface area (Å²) in [6.45, 7) is 3.33. The molecule has 1 aliphatic heterocycles. The number of hydrogen-bond acceptors (Lipinski definition) is 5. The number of anilines is 2. The summed E-state index contributed by atoms with van der Waals surface area (Å²) in [5.74, 6) is -1.03. The molecule has 0 unspecified atom stereocenters. The molecule has 2 aromatic rings. The zero-order valence-corrected chi connectivity index (χ0v) is 15.3. The normalized spacial score (nSPS) is 13.9. The number of hydrogen-bond donors (Lipinski definition) is 3. The fourth-order valence-electron chi connectivity index (χ4n) is 2.77. The third-order valence-corrected chi connectivity index (χ3v) is 4.48. The summed E-state index contributed by atoms with van der Waals surface area (Å²) >= 11 is 6.15. The Morgan fingerprint density at radius 2 is 1.85 bits per heavy atom. The van der Waals surface area contributed by atoms with E-state index >= 15 is 0 Å². The highest BCUT2D eigenvalue weighted by atomic mass is 35.5. The highest BCUT2D eigenvalue weighted by Gasteiger charge is 2.13. The first-order chi connectivity index (χ1) is 13.0. The second-order valence-corrected chi connectivity index (χ2v) is 6.47. The molecule has 0 radical (unpaired) electrons. The van der Waals surface area contributed by atoms with E-state index < -0.39 is 12.6 Å². The monoisotopic (exact) mass is 389 g/mol.